The first-order chi connectivity index (χ1) is 15.7. The average molecular weight is 457 g/mol. The molecule has 0 heterocycles. The molecule has 0 aromatic heterocycles. The Morgan fingerprint density at radius 1 is 1.00 bits per heavy atom. The van der Waals surface area contributed by atoms with Crippen LogP contribution in [-0.2, 0) is 9.59 Å². The van der Waals surface area contributed by atoms with Crippen LogP contribution in [0.2, 0.25) is 0 Å². The summed E-state index contributed by atoms with van der Waals surface area (Å²) < 4.78 is 0. The topological polar surface area (TPSA) is 131 Å². The molecule has 0 unspecified atom stereocenters. The van der Waals surface area contributed by atoms with E-state index in [4.69, 9.17) is 5.21 Å². The van der Waals surface area contributed by atoms with Crippen molar-refractivity contribution in [2.24, 2.45) is 0 Å². The molecule has 2 rings (SSSR count). The van der Waals surface area contributed by atoms with Crippen LogP contribution in [0, 0.1) is 0 Å². The van der Waals surface area contributed by atoms with Crippen LogP contribution >= 0.6 is 0 Å². The van der Waals surface area contributed by atoms with Gasteiger partial charge in [0.2, 0.25) is 5.91 Å². The standard InChI is InChI=1S/C24H32N4O5/c1-4-5-14-28(3)15-21(30)25-20-12-10-18(11-13-20)17-6-8-19(9-7-17)23(31)26-22(16(2)29)24(32)27-33/h6-13,16,22,29,33H,4-5,14-15H2,1-3H3,(H,25,30)(H,26,31)(H,27,32)/t16-,22+/m1/s1. The monoisotopic (exact) mass is 456 g/mol. The van der Waals surface area contributed by atoms with Crippen LogP contribution in [0.5, 0.6) is 0 Å². The predicted octanol–water partition coefficient (Wildman–Crippen LogP) is 2.01. The van der Waals surface area contributed by atoms with Crippen molar-refractivity contribution >= 4 is 23.4 Å². The number of carbonyl (C=O) groups excluding carboxylic acids is 3. The molecule has 0 aliphatic rings. The molecule has 33 heavy (non-hydrogen) atoms. The molecule has 0 radical (unpaired) electrons. The minimum absolute atomic E-state index is 0.0675. The van der Waals surface area contributed by atoms with E-state index in [-0.39, 0.29) is 5.91 Å². The highest BCUT2D eigenvalue weighted by Gasteiger charge is 2.25. The van der Waals surface area contributed by atoms with Gasteiger partial charge in [-0.15, -0.1) is 0 Å². The fourth-order valence-electron chi connectivity index (χ4n) is 3.21. The van der Waals surface area contributed by atoms with Gasteiger partial charge in [-0.25, -0.2) is 5.48 Å². The zero-order chi connectivity index (χ0) is 24.4. The molecule has 0 spiro atoms. The van der Waals surface area contributed by atoms with Gasteiger partial charge < -0.3 is 15.7 Å². The first kappa shape index (κ1) is 26.0. The zero-order valence-corrected chi connectivity index (χ0v) is 19.2. The van der Waals surface area contributed by atoms with Crippen LogP contribution < -0.4 is 16.1 Å². The van der Waals surface area contributed by atoms with E-state index in [1.54, 1.807) is 24.3 Å². The van der Waals surface area contributed by atoms with Crippen molar-refractivity contribution in [2.75, 3.05) is 25.5 Å². The first-order valence-corrected chi connectivity index (χ1v) is 10.9. The van der Waals surface area contributed by atoms with Gasteiger partial charge in [0.25, 0.3) is 11.8 Å². The maximum absolute atomic E-state index is 12.4. The number of hydroxylamine groups is 1. The largest absolute Gasteiger partial charge is 0.391 e. The van der Waals surface area contributed by atoms with Crippen molar-refractivity contribution in [3.8, 4) is 11.1 Å². The van der Waals surface area contributed by atoms with Gasteiger partial charge in [0, 0.05) is 11.3 Å². The maximum atomic E-state index is 12.4. The molecule has 178 valence electrons. The Balaban J connectivity index is 1.98. The molecule has 9 nitrogen and oxygen atoms in total. The molecule has 0 fully saturated rings. The summed E-state index contributed by atoms with van der Waals surface area (Å²) in [7, 11) is 1.92. The number of nitrogens with zero attached hydrogens (tertiary/aromatic N) is 1. The smallest absolute Gasteiger partial charge is 0.268 e. The molecule has 3 amide bonds. The highest BCUT2D eigenvalue weighted by molar-refractivity contribution is 5.98. The lowest BCUT2D eigenvalue weighted by Gasteiger charge is -2.19. The van der Waals surface area contributed by atoms with E-state index in [0.29, 0.717) is 17.8 Å². The van der Waals surface area contributed by atoms with Crippen LogP contribution in [0.25, 0.3) is 11.1 Å². The van der Waals surface area contributed by atoms with E-state index in [0.717, 1.165) is 30.5 Å². The molecule has 0 saturated heterocycles. The lowest BCUT2D eigenvalue weighted by Crippen LogP contribution is -2.51. The summed E-state index contributed by atoms with van der Waals surface area (Å²) in [6.07, 6.45) is 0.955. The third-order valence-corrected chi connectivity index (χ3v) is 5.12. The van der Waals surface area contributed by atoms with Crippen LogP contribution in [0.4, 0.5) is 5.69 Å². The highest BCUT2D eigenvalue weighted by atomic mass is 16.5. The van der Waals surface area contributed by atoms with E-state index >= 15 is 0 Å². The van der Waals surface area contributed by atoms with Gasteiger partial charge in [-0.3, -0.25) is 24.5 Å². The van der Waals surface area contributed by atoms with Crippen molar-refractivity contribution < 1.29 is 24.7 Å². The van der Waals surface area contributed by atoms with Crippen molar-refractivity contribution in [2.45, 2.75) is 38.8 Å². The SMILES string of the molecule is CCCCN(C)CC(=O)Nc1ccc(-c2ccc(C(=O)N[C@H](C(=O)NO)[C@@H](C)O)cc2)cc1. The number of carbonyl (C=O) groups is 3. The summed E-state index contributed by atoms with van der Waals surface area (Å²) in [6.45, 7) is 4.66. The third kappa shape index (κ3) is 7.98. The lowest BCUT2D eigenvalue weighted by molar-refractivity contribution is -0.133. The number of aliphatic hydroxyl groups is 1. The van der Waals surface area contributed by atoms with Gasteiger partial charge in [0.05, 0.1) is 12.6 Å². The minimum Gasteiger partial charge on any atom is -0.391 e. The Bertz CT molecular complexity index is 929. The lowest BCUT2D eigenvalue weighted by atomic mass is 10.0. The van der Waals surface area contributed by atoms with E-state index < -0.39 is 24.0 Å². The Kier molecular flexibility index (Phi) is 9.99. The summed E-state index contributed by atoms with van der Waals surface area (Å²) in [5.41, 5.74) is 4.19. The van der Waals surface area contributed by atoms with Gasteiger partial charge in [-0.2, -0.15) is 0 Å². The third-order valence-electron chi connectivity index (χ3n) is 5.12. The Labute approximate surface area is 193 Å². The molecular weight excluding hydrogens is 424 g/mol. The molecule has 5 N–H and O–H groups in total. The summed E-state index contributed by atoms with van der Waals surface area (Å²) in [6, 6.07) is 12.8. The van der Waals surface area contributed by atoms with Crippen molar-refractivity contribution in [3.63, 3.8) is 0 Å². The molecule has 2 atom stereocenters. The molecular formula is C24H32N4O5. The van der Waals surface area contributed by atoms with Gasteiger partial charge in [-0.05, 0) is 62.3 Å². The Hall–Kier alpha value is -3.27. The molecule has 0 bridgehead atoms. The van der Waals surface area contributed by atoms with Crippen LogP contribution in [0.15, 0.2) is 48.5 Å². The predicted molar refractivity (Wildman–Crippen MR) is 126 cm³/mol. The van der Waals surface area contributed by atoms with Crippen molar-refractivity contribution in [3.05, 3.63) is 54.1 Å². The Morgan fingerprint density at radius 3 is 2.09 bits per heavy atom. The number of benzene rings is 2. The molecule has 9 heteroatoms. The van der Waals surface area contributed by atoms with E-state index in [2.05, 4.69) is 17.6 Å². The van der Waals surface area contributed by atoms with Crippen molar-refractivity contribution in [1.82, 2.24) is 15.7 Å². The number of nitrogens with one attached hydrogen (secondary N) is 3. The quantitative estimate of drug-likeness (QED) is 0.260. The number of hydrogen-bond donors (Lipinski definition) is 5. The molecule has 2 aromatic carbocycles. The van der Waals surface area contributed by atoms with Gasteiger partial charge >= 0.3 is 0 Å². The number of likely N-dealkylation sites (N-methyl/N-ethyl adjacent to an activating group) is 1. The number of unbranched alkanes of at least 4 members (excludes halogenated alkanes) is 1. The summed E-state index contributed by atoms with van der Waals surface area (Å²) in [5, 5.41) is 23.7. The van der Waals surface area contributed by atoms with Gasteiger partial charge in [0.15, 0.2) is 0 Å². The molecule has 0 aliphatic carbocycles. The molecule has 0 saturated carbocycles. The normalized spacial score (nSPS) is 12.7. The summed E-state index contributed by atoms with van der Waals surface area (Å²) in [5.74, 6) is -1.53. The van der Waals surface area contributed by atoms with Gasteiger partial charge in [0.1, 0.15) is 6.04 Å². The second kappa shape index (κ2) is 12.7. The molecule has 2 aromatic rings. The zero-order valence-electron chi connectivity index (χ0n) is 19.2. The van der Waals surface area contributed by atoms with E-state index in [9.17, 15) is 19.5 Å². The first-order valence-electron chi connectivity index (χ1n) is 10.9. The summed E-state index contributed by atoms with van der Waals surface area (Å²) in [4.78, 5) is 38.1. The maximum Gasteiger partial charge on any atom is 0.268 e. The summed E-state index contributed by atoms with van der Waals surface area (Å²) >= 11 is 0. The van der Waals surface area contributed by atoms with E-state index in [1.165, 1.54) is 12.4 Å². The number of hydrogen-bond acceptors (Lipinski definition) is 6. The fourth-order valence-corrected chi connectivity index (χ4v) is 3.21. The number of anilines is 1. The van der Waals surface area contributed by atoms with Crippen LogP contribution in [0.3, 0.4) is 0 Å². The number of rotatable bonds is 11. The highest BCUT2D eigenvalue weighted by Crippen LogP contribution is 2.22. The van der Waals surface area contributed by atoms with Gasteiger partial charge in [-0.1, -0.05) is 37.6 Å². The number of amides is 3. The molecule has 0 aliphatic heterocycles. The fraction of sp³-hybridized carbons (Fsp3) is 0.375. The van der Waals surface area contributed by atoms with E-state index in [1.807, 2.05) is 36.2 Å². The number of aliphatic hydroxyl groups excluding tert-OH is 1. The Morgan fingerprint density at radius 2 is 1.58 bits per heavy atom. The average Bonchev–Trinajstić information content (AvgIpc) is 2.80. The van der Waals surface area contributed by atoms with Crippen molar-refractivity contribution in [1.29, 1.82) is 0 Å². The second-order valence-electron chi connectivity index (χ2n) is 7.96. The van der Waals surface area contributed by atoms with Crippen LogP contribution in [0.1, 0.15) is 37.0 Å². The second-order valence-corrected chi connectivity index (χ2v) is 7.96. The van der Waals surface area contributed by atoms with Crippen LogP contribution in [-0.4, -0.2) is 65.2 Å². The minimum atomic E-state index is -1.28.